The highest BCUT2D eigenvalue weighted by Crippen LogP contribution is 2.14. The number of hydrogen-bond donors (Lipinski definition) is 0. The third-order valence-corrected chi connectivity index (χ3v) is 3.06. The van der Waals surface area contributed by atoms with E-state index in [1.54, 1.807) is 0 Å². The van der Waals surface area contributed by atoms with E-state index in [9.17, 15) is 4.21 Å². The minimum Gasteiger partial charge on any atom is -0.260 e. The second kappa shape index (κ2) is 2.62. The summed E-state index contributed by atoms with van der Waals surface area (Å²) in [7, 11) is -0.461. The molecule has 1 fully saturated rings. The average Bonchev–Trinajstić information content (AvgIpc) is 1.77. The van der Waals surface area contributed by atoms with Gasteiger partial charge in [0.15, 0.2) is 0 Å². The predicted molar refractivity (Wildman–Crippen MR) is 36.3 cm³/mol. The molecule has 0 aliphatic carbocycles. The lowest BCUT2D eigenvalue weighted by atomic mass is 10.1. The molecule has 0 saturated carbocycles. The van der Waals surface area contributed by atoms with Gasteiger partial charge in [0.25, 0.3) is 0 Å². The first kappa shape index (κ1) is 6.27. The van der Waals surface area contributed by atoms with Crippen LogP contribution in [-0.2, 0) is 10.8 Å². The van der Waals surface area contributed by atoms with Crippen LogP contribution >= 0.6 is 0 Å². The third-order valence-electron chi connectivity index (χ3n) is 1.68. The lowest BCUT2D eigenvalue weighted by Crippen LogP contribution is -2.15. The van der Waals surface area contributed by atoms with Crippen molar-refractivity contribution < 1.29 is 4.21 Å². The van der Waals surface area contributed by atoms with Crippen molar-refractivity contribution in [3.63, 3.8) is 0 Å². The monoisotopic (exact) mass is 132 g/mol. The molecule has 0 radical (unpaired) electrons. The van der Waals surface area contributed by atoms with E-state index in [4.69, 9.17) is 0 Å². The molecular weight excluding hydrogens is 120 g/mol. The Morgan fingerprint density at radius 1 is 1.38 bits per heavy atom. The Balaban J connectivity index is 2.29. The molecule has 0 aromatic rings. The summed E-state index contributed by atoms with van der Waals surface area (Å²) in [5.74, 6) is 2.72. The van der Waals surface area contributed by atoms with E-state index >= 15 is 0 Å². The van der Waals surface area contributed by atoms with Crippen molar-refractivity contribution >= 4 is 10.8 Å². The van der Waals surface area contributed by atoms with E-state index in [1.165, 1.54) is 12.8 Å². The molecule has 1 aliphatic heterocycles. The highest BCUT2D eigenvalue weighted by Gasteiger charge is 2.12. The van der Waals surface area contributed by atoms with Gasteiger partial charge in [0.05, 0.1) is 0 Å². The largest absolute Gasteiger partial charge is 0.260 e. The van der Waals surface area contributed by atoms with Gasteiger partial charge in [-0.15, -0.1) is 0 Å². The normalized spacial score (nSPS) is 39.6. The summed E-state index contributed by atoms with van der Waals surface area (Å²) in [6.07, 6.45) is 2.35. The fourth-order valence-electron chi connectivity index (χ4n) is 0.912. The van der Waals surface area contributed by atoms with Crippen molar-refractivity contribution in [2.75, 3.05) is 11.5 Å². The van der Waals surface area contributed by atoms with Crippen molar-refractivity contribution in [1.82, 2.24) is 0 Å². The molecule has 0 bridgehead atoms. The zero-order valence-electron chi connectivity index (χ0n) is 5.22. The van der Waals surface area contributed by atoms with Crippen molar-refractivity contribution in [1.29, 1.82) is 0 Å². The molecule has 2 heteroatoms. The van der Waals surface area contributed by atoms with Gasteiger partial charge in [-0.1, -0.05) is 6.92 Å². The summed E-state index contributed by atoms with van der Waals surface area (Å²) in [6, 6.07) is 0. The summed E-state index contributed by atoms with van der Waals surface area (Å²) < 4.78 is 10.7. The summed E-state index contributed by atoms with van der Waals surface area (Å²) in [6.45, 7) is 2.23. The van der Waals surface area contributed by atoms with Gasteiger partial charge in [0.1, 0.15) is 0 Å². The molecular formula is C6H12OS. The second-order valence-corrected chi connectivity index (χ2v) is 4.23. The van der Waals surface area contributed by atoms with Gasteiger partial charge in [-0.3, -0.25) is 4.21 Å². The van der Waals surface area contributed by atoms with Gasteiger partial charge in [-0.2, -0.15) is 0 Å². The molecule has 0 amide bonds. The number of rotatable bonds is 0. The molecule has 48 valence electrons. The quantitative estimate of drug-likeness (QED) is 0.483. The third kappa shape index (κ3) is 1.58. The summed E-state index contributed by atoms with van der Waals surface area (Å²) in [4.78, 5) is 0. The maximum atomic E-state index is 10.7. The molecule has 0 aromatic carbocycles. The van der Waals surface area contributed by atoms with Gasteiger partial charge < -0.3 is 0 Å². The molecule has 1 saturated heterocycles. The first-order valence-electron chi connectivity index (χ1n) is 3.14. The van der Waals surface area contributed by atoms with Crippen molar-refractivity contribution in [3.05, 3.63) is 0 Å². The summed E-state index contributed by atoms with van der Waals surface area (Å²) >= 11 is 0. The van der Waals surface area contributed by atoms with Crippen LogP contribution in [0.15, 0.2) is 0 Å². The van der Waals surface area contributed by atoms with E-state index in [0.717, 1.165) is 17.4 Å². The van der Waals surface area contributed by atoms with E-state index in [0.29, 0.717) is 0 Å². The first-order valence-corrected chi connectivity index (χ1v) is 4.63. The van der Waals surface area contributed by atoms with E-state index < -0.39 is 10.8 Å². The van der Waals surface area contributed by atoms with Gasteiger partial charge in [0, 0.05) is 22.3 Å². The van der Waals surface area contributed by atoms with Crippen LogP contribution in [-0.4, -0.2) is 15.7 Å². The molecule has 0 atom stereocenters. The maximum absolute atomic E-state index is 10.7. The van der Waals surface area contributed by atoms with Crippen LogP contribution in [0.1, 0.15) is 19.8 Å². The average molecular weight is 132 g/mol. The molecule has 0 unspecified atom stereocenters. The minimum atomic E-state index is -0.461. The highest BCUT2D eigenvalue weighted by atomic mass is 32.2. The fourth-order valence-corrected chi connectivity index (χ4v) is 2.45. The molecule has 1 nitrogen and oxygen atoms in total. The smallest absolute Gasteiger partial charge is 0.0237 e. The fraction of sp³-hybridized carbons (Fsp3) is 1.00. The Labute approximate surface area is 52.9 Å². The van der Waals surface area contributed by atoms with Crippen molar-refractivity contribution in [3.8, 4) is 0 Å². The number of hydrogen-bond acceptors (Lipinski definition) is 1. The van der Waals surface area contributed by atoms with Gasteiger partial charge in [-0.25, -0.2) is 0 Å². The maximum Gasteiger partial charge on any atom is 0.0237 e. The van der Waals surface area contributed by atoms with Crippen LogP contribution in [0.3, 0.4) is 0 Å². The molecule has 0 aromatic heterocycles. The van der Waals surface area contributed by atoms with Gasteiger partial charge in [-0.05, 0) is 18.8 Å². The van der Waals surface area contributed by atoms with Crippen LogP contribution in [0, 0.1) is 5.92 Å². The molecule has 1 aliphatic rings. The standard InChI is InChI=1S/C6H12OS/c1-6-2-4-8(7)5-3-6/h6H,2-5H2,1H3. The highest BCUT2D eigenvalue weighted by molar-refractivity contribution is 7.85. The Hall–Kier alpha value is 0.150. The lowest BCUT2D eigenvalue weighted by Gasteiger charge is -2.15. The minimum absolute atomic E-state index is 0.461. The van der Waals surface area contributed by atoms with E-state index in [2.05, 4.69) is 6.92 Å². The Bertz CT molecular complexity index is 90.7. The van der Waals surface area contributed by atoms with Crippen molar-refractivity contribution in [2.24, 2.45) is 5.92 Å². The lowest BCUT2D eigenvalue weighted by molar-refractivity contribution is 0.526. The van der Waals surface area contributed by atoms with Crippen LogP contribution < -0.4 is 0 Å². The van der Waals surface area contributed by atoms with E-state index in [-0.39, 0.29) is 0 Å². The Morgan fingerprint density at radius 2 is 1.88 bits per heavy atom. The molecule has 0 spiro atoms. The Kier molecular flexibility index (Phi) is 2.06. The van der Waals surface area contributed by atoms with Crippen LogP contribution in [0.5, 0.6) is 0 Å². The molecule has 0 N–H and O–H groups in total. The zero-order valence-corrected chi connectivity index (χ0v) is 6.04. The van der Waals surface area contributed by atoms with Crippen LogP contribution in [0.4, 0.5) is 0 Å². The molecule has 1 rings (SSSR count). The molecule has 8 heavy (non-hydrogen) atoms. The topological polar surface area (TPSA) is 17.1 Å². The van der Waals surface area contributed by atoms with Crippen LogP contribution in [0.25, 0.3) is 0 Å². The van der Waals surface area contributed by atoms with E-state index in [1.807, 2.05) is 0 Å². The summed E-state index contributed by atoms with van der Waals surface area (Å²) in [5, 5.41) is 0. The first-order chi connectivity index (χ1) is 3.79. The second-order valence-electron chi connectivity index (χ2n) is 2.53. The van der Waals surface area contributed by atoms with Gasteiger partial charge >= 0.3 is 0 Å². The SMILES string of the molecule is CC1CCS(=O)CC1. The zero-order chi connectivity index (χ0) is 5.98. The van der Waals surface area contributed by atoms with Crippen LogP contribution in [0.2, 0.25) is 0 Å². The van der Waals surface area contributed by atoms with Gasteiger partial charge in [0.2, 0.25) is 0 Å². The Morgan fingerprint density at radius 3 is 2.25 bits per heavy atom. The summed E-state index contributed by atoms with van der Waals surface area (Å²) in [5.41, 5.74) is 0. The molecule has 1 heterocycles. The predicted octanol–water partition coefficient (Wildman–Crippen LogP) is 1.17. The van der Waals surface area contributed by atoms with Crippen molar-refractivity contribution in [2.45, 2.75) is 19.8 Å².